The normalized spacial score (nSPS) is 12.0. The zero-order valence-corrected chi connectivity index (χ0v) is 21.6. The highest BCUT2D eigenvalue weighted by atomic mass is 32.2. The molecule has 2 heterocycles. The number of ether oxygens (including phenoxy) is 1. The summed E-state index contributed by atoms with van der Waals surface area (Å²) in [6.07, 6.45) is 2.09. The van der Waals surface area contributed by atoms with E-state index in [1.165, 1.54) is 11.6 Å². The van der Waals surface area contributed by atoms with Crippen LogP contribution in [0.15, 0.2) is 59.6 Å². The fourth-order valence-corrected chi connectivity index (χ4v) is 5.90. The third-order valence-electron chi connectivity index (χ3n) is 5.25. The Morgan fingerprint density at radius 3 is 2.51 bits per heavy atom. The number of nitrogens with one attached hydrogen (secondary N) is 2. The Hall–Kier alpha value is -3.43. The highest BCUT2D eigenvalue weighted by Gasteiger charge is 2.20. The Morgan fingerprint density at radius 2 is 1.80 bits per heavy atom. The number of hydrogen-bond donors (Lipinski definition) is 2. The SMILES string of the molecule is CCCS(=O)(=O)c1ccccc1Nc1nc(Nc2ccc(P(C)(C)=O)cc2OC)nc2ccnn12. The lowest BCUT2D eigenvalue weighted by molar-refractivity contribution is 0.417. The Labute approximate surface area is 204 Å². The molecule has 12 heteroatoms. The molecule has 0 saturated carbocycles. The number of methoxy groups -OCH3 is 1. The van der Waals surface area contributed by atoms with Crippen LogP contribution < -0.4 is 20.7 Å². The van der Waals surface area contributed by atoms with Gasteiger partial charge in [0.1, 0.15) is 12.9 Å². The fourth-order valence-electron chi connectivity index (χ4n) is 3.54. The number of para-hydroxylation sites is 1. The predicted molar refractivity (Wildman–Crippen MR) is 138 cm³/mol. The second-order valence-corrected chi connectivity index (χ2v) is 13.6. The van der Waals surface area contributed by atoms with Gasteiger partial charge in [-0.1, -0.05) is 19.1 Å². The minimum Gasteiger partial charge on any atom is -0.495 e. The average molecular weight is 515 g/mol. The van der Waals surface area contributed by atoms with Crippen molar-refractivity contribution in [2.75, 3.05) is 36.8 Å². The first-order valence-electron chi connectivity index (χ1n) is 10.9. The molecule has 0 radical (unpaired) electrons. The molecule has 0 aliphatic carbocycles. The molecule has 10 nitrogen and oxygen atoms in total. The zero-order valence-electron chi connectivity index (χ0n) is 19.9. The van der Waals surface area contributed by atoms with Crippen molar-refractivity contribution in [1.82, 2.24) is 19.6 Å². The van der Waals surface area contributed by atoms with Crippen LogP contribution in [0.1, 0.15) is 13.3 Å². The number of anilines is 4. The van der Waals surface area contributed by atoms with E-state index in [0.29, 0.717) is 34.5 Å². The molecule has 0 bridgehead atoms. The summed E-state index contributed by atoms with van der Waals surface area (Å²) < 4.78 is 45.0. The maximum Gasteiger partial charge on any atom is 0.233 e. The summed E-state index contributed by atoms with van der Waals surface area (Å²) in [5, 5.41) is 11.2. The van der Waals surface area contributed by atoms with Gasteiger partial charge in [0.05, 0.1) is 35.3 Å². The van der Waals surface area contributed by atoms with E-state index < -0.39 is 17.0 Å². The van der Waals surface area contributed by atoms with Crippen LogP contribution in [0.3, 0.4) is 0 Å². The first kappa shape index (κ1) is 24.7. The van der Waals surface area contributed by atoms with Crippen LogP contribution in [0.2, 0.25) is 0 Å². The summed E-state index contributed by atoms with van der Waals surface area (Å²) in [5.74, 6) is 1.06. The van der Waals surface area contributed by atoms with Gasteiger partial charge in [-0.15, -0.1) is 0 Å². The molecule has 4 aromatic rings. The van der Waals surface area contributed by atoms with Gasteiger partial charge in [-0.25, -0.2) is 8.42 Å². The maximum atomic E-state index is 12.8. The molecule has 0 unspecified atom stereocenters. The second kappa shape index (κ2) is 9.67. The molecule has 2 aromatic heterocycles. The van der Waals surface area contributed by atoms with Crippen LogP contribution in [-0.4, -0.2) is 54.2 Å². The number of nitrogens with zero attached hydrogens (tertiary/aromatic N) is 4. The minimum atomic E-state index is -3.48. The lowest BCUT2D eigenvalue weighted by Crippen LogP contribution is -2.12. The average Bonchev–Trinajstić information content (AvgIpc) is 3.28. The summed E-state index contributed by atoms with van der Waals surface area (Å²) in [7, 11) is -4.41. The van der Waals surface area contributed by atoms with E-state index in [2.05, 4.69) is 25.7 Å². The molecular formula is C23H27N6O4PS. The number of rotatable bonds is 9. The molecule has 4 rings (SSSR count). The first-order chi connectivity index (χ1) is 16.6. The van der Waals surface area contributed by atoms with Gasteiger partial charge in [0.2, 0.25) is 11.9 Å². The first-order valence-corrected chi connectivity index (χ1v) is 15.2. The Bertz CT molecular complexity index is 1530. The third kappa shape index (κ3) is 5.31. The van der Waals surface area contributed by atoms with Crippen LogP contribution in [0, 0.1) is 0 Å². The predicted octanol–water partition coefficient (Wildman–Crippen LogP) is 4.05. The van der Waals surface area contributed by atoms with Gasteiger partial charge in [-0.2, -0.15) is 19.6 Å². The number of hydrogen-bond acceptors (Lipinski definition) is 9. The Kier molecular flexibility index (Phi) is 6.82. The maximum absolute atomic E-state index is 12.8. The summed E-state index contributed by atoms with van der Waals surface area (Å²) >= 11 is 0. The third-order valence-corrected chi connectivity index (χ3v) is 8.74. The van der Waals surface area contributed by atoms with Gasteiger partial charge in [-0.05, 0) is 50.1 Å². The van der Waals surface area contributed by atoms with Crippen LogP contribution in [-0.2, 0) is 14.4 Å². The smallest absolute Gasteiger partial charge is 0.233 e. The highest BCUT2D eigenvalue weighted by molar-refractivity contribution is 7.91. The number of sulfone groups is 1. The van der Waals surface area contributed by atoms with Crippen LogP contribution >= 0.6 is 7.14 Å². The van der Waals surface area contributed by atoms with Gasteiger partial charge in [-0.3, -0.25) is 0 Å². The topological polar surface area (TPSA) is 128 Å². The second-order valence-electron chi connectivity index (χ2n) is 8.27. The summed E-state index contributed by atoms with van der Waals surface area (Å²) in [4.78, 5) is 9.22. The molecule has 0 aliphatic heterocycles. The van der Waals surface area contributed by atoms with Crippen molar-refractivity contribution < 1.29 is 17.7 Å². The van der Waals surface area contributed by atoms with Gasteiger partial charge < -0.3 is 19.9 Å². The van der Waals surface area contributed by atoms with Crippen molar-refractivity contribution in [3.63, 3.8) is 0 Å². The lowest BCUT2D eigenvalue weighted by Gasteiger charge is -2.15. The van der Waals surface area contributed by atoms with Crippen molar-refractivity contribution in [2.45, 2.75) is 18.2 Å². The van der Waals surface area contributed by atoms with E-state index in [1.807, 2.05) is 6.92 Å². The standard InChI is InChI=1S/C23H27N6O4PS/c1-5-14-35(31,32)20-9-7-6-8-18(20)26-23-28-22(27-21-12-13-24-29(21)23)25-17-11-10-16(34(3,4)30)15-19(17)33-2/h6-13,15H,5,14H2,1-4H3,(H2,25,26,27,28). The fraction of sp³-hybridized carbons (Fsp3) is 0.261. The molecule has 2 aromatic carbocycles. The van der Waals surface area contributed by atoms with Gasteiger partial charge in [0.15, 0.2) is 15.5 Å². The summed E-state index contributed by atoms with van der Waals surface area (Å²) in [6, 6.07) is 13.7. The molecule has 184 valence electrons. The van der Waals surface area contributed by atoms with Crippen molar-refractivity contribution in [3.8, 4) is 5.75 Å². The van der Waals surface area contributed by atoms with E-state index in [0.717, 1.165) is 0 Å². The monoisotopic (exact) mass is 514 g/mol. The Morgan fingerprint density at radius 1 is 1.03 bits per heavy atom. The van der Waals surface area contributed by atoms with E-state index in [4.69, 9.17) is 4.74 Å². The quantitative estimate of drug-likeness (QED) is 0.318. The molecule has 2 N–H and O–H groups in total. The van der Waals surface area contributed by atoms with Gasteiger partial charge in [0, 0.05) is 11.4 Å². The minimum absolute atomic E-state index is 0.0394. The molecular weight excluding hydrogens is 487 g/mol. The molecule has 0 spiro atoms. The zero-order chi connectivity index (χ0) is 25.2. The van der Waals surface area contributed by atoms with E-state index in [-0.39, 0.29) is 22.5 Å². The van der Waals surface area contributed by atoms with Gasteiger partial charge in [0.25, 0.3) is 0 Å². The largest absolute Gasteiger partial charge is 0.495 e. The van der Waals surface area contributed by atoms with Gasteiger partial charge >= 0.3 is 0 Å². The number of aromatic nitrogens is 4. The number of benzene rings is 2. The van der Waals surface area contributed by atoms with E-state index in [9.17, 15) is 13.0 Å². The molecule has 0 atom stereocenters. The highest BCUT2D eigenvalue weighted by Crippen LogP contribution is 2.38. The Balaban J connectivity index is 1.74. The lowest BCUT2D eigenvalue weighted by atomic mass is 10.3. The van der Waals surface area contributed by atoms with Crippen molar-refractivity contribution in [1.29, 1.82) is 0 Å². The van der Waals surface area contributed by atoms with E-state index in [1.54, 1.807) is 68.1 Å². The van der Waals surface area contributed by atoms with Crippen LogP contribution in [0.5, 0.6) is 5.75 Å². The summed E-state index contributed by atoms with van der Waals surface area (Å²) in [6.45, 7) is 5.22. The molecule has 35 heavy (non-hydrogen) atoms. The molecule has 0 amide bonds. The van der Waals surface area contributed by atoms with Crippen LogP contribution in [0.25, 0.3) is 5.65 Å². The summed E-state index contributed by atoms with van der Waals surface area (Å²) in [5.41, 5.74) is 1.48. The number of fused-ring (bicyclic) bond motifs is 1. The van der Waals surface area contributed by atoms with Crippen LogP contribution in [0.4, 0.5) is 23.3 Å². The van der Waals surface area contributed by atoms with E-state index >= 15 is 0 Å². The molecule has 0 aliphatic rings. The van der Waals surface area contributed by atoms with Crippen molar-refractivity contribution >= 4 is 51.2 Å². The molecule has 0 fully saturated rings. The molecule has 0 saturated heterocycles. The van der Waals surface area contributed by atoms with Crippen molar-refractivity contribution in [3.05, 3.63) is 54.7 Å². The van der Waals surface area contributed by atoms with Crippen molar-refractivity contribution in [2.24, 2.45) is 0 Å².